The highest BCUT2D eigenvalue weighted by Gasteiger charge is 2.30. The van der Waals surface area contributed by atoms with Crippen LogP contribution in [0.5, 0.6) is 0 Å². The molecule has 2 aromatic heterocycles. The molecule has 1 fully saturated rings. The van der Waals surface area contributed by atoms with Crippen molar-refractivity contribution in [3.63, 3.8) is 0 Å². The van der Waals surface area contributed by atoms with Crippen LogP contribution in [-0.4, -0.2) is 35.4 Å². The van der Waals surface area contributed by atoms with Crippen molar-refractivity contribution in [3.8, 4) is 0 Å². The quantitative estimate of drug-likeness (QED) is 0.660. The van der Waals surface area contributed by atoms with Crippen LogP contribution >= 0.6 is 22.7 Å². The second-order valence-corrected chi connectivity index (χ2v) is 8.23. The lowest BCUT2D eigenvalue weighted by molar-refractivity contribution is -0.119. The molecule has 0 N–H and O–H groups in total. The van der Waals surface area contributed by atoms with Crippen LogP contribution in [0, 0.1) is 0 Å². The Kier molecular flexibility index (Phi) is 4.83. The molecule has 130 valence electrons. The Morgan fingerprint density at radius 2 is 2.20 bits per heavy atom. The monoisotopic (exact) mass is 371 g/mol. The zero-order valence-corrected chi connectivity index (χ0v) is 15.9. The molecule has 1 aromatic carbocycles. The van der Waals surface area contributed by atoms with Gasteiger partial charge in [-0.15, -0.1) is 11.3 Å². The second kappa shape index (κ2) is 7.23. The molecule has 0 spiro atoms. The van der Waals surface area contributed by atoms with Crippen molar-refractivity contribution in [1.82, 2.24) is 9.88 Å². The number of amides is 1. The highest BCUT2D eigenvalue weighted by molar-refractivity contribution is 7.22. The summed E-state index contributed by atoms with van der Waals surface area (Å²) < 4.78 is 1.13. The summed E-state index contributed by atoms with van der Waals surface area (Å²) in [6.45, 7) is 4.12. The number of anilines is 1. The van der Waals surface area contributed by atoms with Crippen LogP contribution < -0.4 is 4.90 Å². The van der Waals surface area contributed by atoms with Gasteiger partial charge in [0.2, 0.25) is 5.91 Å². The lowest BCUT2D eigenvalue weighted by atomic mass is 10.2. The zero-order valence-electron chi connectivity index (χ0n) is 14.2. The number of hydrogen-bond acceptors (Lipinski definition) is 5. The van der Waals surface area contributed by atoms with E-state index in [1.165, 1.54) is 4.88 Å². The number of thiazole rings is 1. The maximum Gasteiger partial charge on any atom is 0.242 e. The number of fused-ring (bicyclic) bond motifs is 1. The van der Waals surface area contributed by atoms with Crippen molar-refractivity contribution in [1.29, 1.82) is 0 Å². The number of thiophene rings is 1. The molecule has 0 aliphatic carbocycles. The molecule has 4 nitrogen and oxygen atoms in total. The van der Waals surface area contributed by atoms with Crippen molar-refractivity contribution < 1.29 is 4.79 Å². The minimum absolute atomic E-state index is 0.144. The number of carbonyl (C=O) groups excluding carboxylic acids is 1. The van der Waals surface area contributed by atoms with E-state index in [-0.39, 0.29) is 5.91 Å². The van der Waals surface area contributed by atoms with Crippen molar-refractivity contribution in [2.24, 2.45) is 0 Å². The van der Waals surface area contributed by atoms with E-state index in [4.69, 9.17) is 0 Å². The van der Waals surface area contributed by atoms with Crippen LogP contribution in [0.3, 0.4) is 0 Å². The van der Waals surface area contributed by atoms with Crippen molar-refractivity contribution in [2.75, 3.05) is 24.5 Å². The summed E-state index contributed by atoms with van der Waals surface area (Å²) in [5, 5.41) is 2.92. The molecule has 1 aliphatic rings. The van der Waals surface area contributed by atoms with Gasteiger partial charge in [0.1, 0.15) is 0 Å². The number of para-hydroxylation sites is 1. The Morgan fingerprint density at radius 1 is 1.32 bits per heavy atom. The molecule has 1 aliphatic heterocycles. The molecule has 0 saturated carbocycles. The third-order valence-electron chi connectivity index (χ3n) is 4.70. The first-order valence-electron chi connectivity index (χ1n) is 8.69. The summed E-state index contributed by atoms with van der Waals surface area (Å²) in [7, 11) is 0. The molecular formula is C19H21N3OS2. The Labute approximate surface area is 155 Å². The van der Waals surface area contributed by atoms with Crippen LogP contribution in [0.2, 0.25) is 0 Å². The molecule has 1 saturated heterocycles. The lowest BCUT2D eigenvalue weighted by Crippen LogP contribution is -2.40. The van der Waals surface area contributed by atoms with E-state index in [0.717, 1.165) is 34.7 Å². The number of rotatable bonds is 5. The highest BCUT2D eigenvalue weighted by atomic mass is 32.1. The number of aromatic nitrogens is 1. The van der Waals surface area contributed by atoms with Crippen molar-refractivity contribution in [3.05, 3.63) is 46.7 Å². The third kappa shape index (κ3) is 3.34. The normalized spacial score (nSPS) is 18.0. The average Bonchev–Trinajstić information content (AvgIpc) is 3.35. The highest BCUT2D eigenvalue weighted by Crippen LogP contribution is 2.35. The van der Waals surface area contributed by atoms with Gasteiger partial charge in [-0.2, -0.15) is 0 Å². The smallest absolute Gasteiger partial charge is 0.242 e. The van der Waals surface area contributed by atoms with Crippen LogP contribution in [-0.2, 0) is 4.79 Å². The summed E-state index contributed by atoms with van der Waals surface area (Å²) in [5.74, 6) is 0.144. The predicted molar refractivity (Wildman–Crippen MR) is 106 cm³/mol. The third-order valence-corrected chi connectivity index (χ3v) is 6.74. The predicted octanol–water partition coefficient (Wildman–Crippen LogP) is 4.55. The standard InChI is InChI=1S/C19H21N3OS2/c1-2-22(19-20-14-7-3-4-9-16(14)25-19)18(23)13-21-11-5-8-15(21)17-10-6-12-24-17/h3-4,6-7,9-10,12,15H,2,5,8,11,13H2,1H3. The fraction of sp³-hybridized carbons (Fsp3) is 0.368. The number of nitrogens with zero attached hydrogens (tertiary/aromatic N) is 3. The van der Waals surface area contributed by atoms with Crippen LogP contribution in [0.1, 0.15) is 30.7 Å². The fourth-order valence-electron chi connectivity index (χ4n) is 3.47. The Balaban J connectivity index is 1.52. The Morgan fingerprint density at radius 3 is 2.96 bits per heavy atom. The summed E-state index contributed by atoms with van der Waals surface area (Å²) in [6.07, 6.45) is 2.30. The molecule has 6 heteroatoms. The van der Waals surface area contributed by atoms with Gasteiger partial charge in [0.25, 0.3) is 0 Å². The summed E-state index contributed by atoms with van der Waals surface area (Å²) in [5.41, 5.74) is 0.964. The minimum atomic E-state index is 0.144. The number of benzene rings is 1. The Bertz CT molecular complexity index is 826. The van der Waals surface area contributed by atoms with E-state index < -0.39 is 0 Å². The van der Waals surface area contributed by atoms with Crippen molar-refractivity contribution >= 4 is 43.9 Å². The van der Waals surface area contributed by atoms with Crippen LogP contribution in [0.25, 0.3) is 10.2 Å². The average molecular weight is 372 g/mol. The largest absolute Gasteiger partial charge is 0.287 e. The molecule has 0 bridgehead atoms. The topological polar surface area (TPSA) is 36.4 Å². The van der Waals surface area contributed by atoms with Gasteiger partial charge < -0.3 is 0 Å². The van der Waals surface area contributed by atoms with Gasteiger partial charge in [-0.1, -0.05) is 29.5 Å². The molecule has 3 heterocycles. The van der Waals surface area contributed by atoms with Gasteiger partial charge in [0.15, 0.2) is 5.13 Å². The molecular weight excluding hydrogens is 350 g/mol. The minimum Gasteiger partial charge on any atom is -0.287 e. The van der Waals surface area contributed by atoms with E-state index in [2.05, 4.69) is 33.5 Å². The summed E-state index contributed by atoms with van der Waals surface area (Å²) in [4.78, 5) is 23.2. The molecule has 1 atom stereocenters. The number of carbonyl (C=O) groups is 1. The van der Waals surface area contributed by atoms with E-state index in [9.17, 15) is 4.79 Å². The van der Waals surface area contributed by atoms with Crippen LogP contribution in [0.4, 0.5) is 5.13 Å². The fourth-order valence-corrected chi connectivity index (χ4v) is 5.41. The summed E-state index contributed by atoms with van der Waals surface area (Å²) in [6, 6.07) is 12.7. The van der Waals surface area contributed by atoms with Gasteiger partial charge in [-0.25, -0.2) is 4.98 Å². The van der Waals surface area contributed by atoms with Crippen LogP contribution in [0.15, 0.2) is 41.8 Å². The summed E-state index contributed by atoms with van der Waals surface area (Å²) >= 11 is 3.38. The first kappa shape index (κ1) is 16.7. The van der Waals surface area contributed by atoms with E-state index >= 15 is 0 Å². The van der Waals surface area contributed by atoms with E-state index in [1.807, 2.05) is 30.0 Å². The number of hydrogen-bond donors (Lipinski definition) is 0. The first-order valence-corrected chi connectivity index (χ1v) is 10.4. The molecule has 3 aromatic rings. The van der Waals surface area contributed by atoms with E-state index in [1.54, 1.807) is 22.7 Å². The van der Waals surface area contributed by atoms with Gasteiger partial charge in [-0.3, -0.25) is 14.6 Å². The zero-order chi connectivity index (χ0) is 17.2. The van der Waals surface area contributed by atoms with E-state index in [0.29, 0.717) is 19.1 Å². The van der Waals surface area contributed by atoms with Gasteiger partial charge in [0, 0.05) is 17.5 Å². The molecule has 0 radical (unpaired) electrons. The molecule has 1 amide bonds. The maximum absolute atomic E-state index is 13.0. The lowest BCUT2D eigenvalue weighted by Gasteiger charge is -2.26. The first-order chi connectivity index (χ1) is 12.3. The Hall–Kier alpha value is -1.76. The van der Waals surface area contributed by atoms with Gasteiger partial charge >= 0.3 is 0 Å². The van der Waals surface area contributed by atoms with Gasteiger partial charge in [0.05, 0.1) is 16.8 Å². The SMILES string of the molecule is CCN(C(=O)CN1CCCC1c1cccs1)c1nc2ccccc2s1. The number of likely N-dealkylation sites (N-methyl/N-ethyl adjacent to an activating group) is 1. The molecule has 4 rings (SSSR count). The van der Waals surface area contributed by atoms with Crippen molar-refractivity contribution in [2.45, 2.75) is 25.8 Å². The second-order valence-electron chi connectivity index (χ2n) is 6.25. The molecule has 25 heavy (non-hydrogen) atoms. The maximum atomic E-state index is 13.0. The van der Waals surface area contributed by atoms with Gasteiger partial charge in [-0.05, 0) is 49.9 Å². The molecule has 1 unspecified atom stereocenters. The number of likely N-dealkylation sites (tertiary alicyclic amines) is 1.